The van der Waals surface area contributed by atoms with E-state index in [4.69, 9.17) is 0 Å². The lowest BCUT2D eigenvalue weighted by atomic mass is 10.2. The highest BCUT2D eigenvalue weighted by atomic mass is 32.1. The fraction of sp³-hybridized carbons (Fsp3) is 0.364. The summed E-state index contributed by atoms with van der Waals surface area (Å²) in [7, 11) is 0. The molecule has 2 rings (SSSR count). The van der Waals surface area contributed by atoms with E-state index >= 15 is 0 Å². The highest BCUT2D eigenvalue weighted by molar-refractivity contribution is 7.11. The van der Waals surface area contributed by atoms with Crippen LogP contribution in [0.3, 0.4) is 0 Å². The zero-order valence-corrected chi connectivity index (χ0v) is 10.4. The van der Waals surface area contributed by atoms with Gasteiger partial charge in [-0.15, -0.1) is 11.3 Å². The Balaban J connectivity index is 2.14. The maximum atomic E-state index is 4.42. The maximum absolute atomic E-state index is 4.42. The van der Waals surface area contributed by atoms with Crippen molar-refractivity contribution in [1.29, 1.82) is 0 Å². The molecular formula is C11H14N4S. The summed E-state index contributed by atoms with van der Waals surface area (Å²) < 4.78 is 0. The Morgan fingerprint density at radius 3 is 2.69 bits per heavy atom. The highest BCUT2D eigenvalue weighted by Gasteiger charge is 2.12. The van der Waals surface area contributed by atoms with Crippen LogP contribution in [0.1, 0.15) is 28.5 Å². The molecular weight excluding hydrogens is 220 g/mol. The molecule has 2 aromatic heterocycles. The van der Waals surface area contributed by atoms with Gasteiger partial charge in [-0.2, -0.15) is 0 Å². The molecule has 0 aliphatic carbocycles. The number of hydrogen-bond donors (Lipinski definition) is 1. The van der Waals surface area contributed by atoms with E-state index in [-0.39, 0.29) is 6.04 Å². The summed E-state index contributed by atoms with van der Waals surface area (Å²) in [6.45, 7) is 6.17. The van der Waals surface area contributed by atoms with E-state index in [0.717, 1.165) is 16.5 Å². The Morgan fingerprint density at radius 1 is 1.31 bits per heavy atom. The molecule has 0 amide bonds. The van der Waals surface area contributed by atoms with Crippen molar-refractivity contribution in [2.24, 2.45) is 0 Å². The smallest absolute Gasteiger partial charge is 0.144 e. The van der Waals surface area contributed by atoms with Crippen LogP contribution in [0.15, 0.2) is 18.6 Å². The van der Waals surface area contributed by atoms with Crippen LogP contribution >= 0.6 is 11.3 Å². The van der Waals surface area contributed by atoms with Crippen molar-refractivity contribution in [3.05, 3.63) is 34.2 Å². The number of rotatable bonds is 3. The summed E-state index contributed by atoms with van der Waals surface area (Å²) in [6, 6.07) is 0.211. The van der Waals surface area contributed by atoms with E-state index in [1.807, 2.05) is 13.8 Å². The van der Waals surface area contributed by atoms with Crippen LogP contribution in [0.5, 0.6) is 0 Å². The number of anilines is 1. The number of aryl methyl sites for hydroxylation is 2. The predicted molar refractivity (Wildman–Crippen MR) is 65.7 cm³/mol. The first-order chi connectivity index (χ1) is 7.66. The van der Waals surface area contributed by atoms with Gasteiger partial charge in [0, 0.05) is 17.3 Å². The Hall–Kier alpha value is -1.49. The number of nitrogens with zero attached hydrogens (tertiary/aromatic N) is 3. The lowest BCUT2D eigenvalue weighted by Gasteiger charge is -2.12. The van der Waals surface area contributed by atoms with Crippen molar-refractivity contribution in [2.45, 2.75) is 26.8 Å². The van der Waals surface area contributed by atoms with Gasteiger partial charge in [-0.3, -0.25) is 4.98 Å². The van der Waals surface area contributed by atoms with E-state index in [9.17, 15) is 0 Å². The van der Waals surface area contributed by atoms with Crippen molar-refractivity contribution in [3.63, 3.8) is 0 Å². The summed E-state index contributed by atoms with van der Waals surface area (Å²) in [6.07, 6.45) is 5.07. The SMILES string of the molecule is Cc1nc(C)c(C(C)Nc2cnccn2)s1. The first kappa shape index (κ1) is 11.0. The van der Waals surface area contributed by atoms with Gasteiger partial charge in [0.05, 0.1) is 22.9 Å². The number of nitrogens with one attached hydrogen (secondary N) is 1. The number of aromatic nitrogens is 3. The quantitative estimate of drug-likeness (QED) is 0.887. The van der Waals surface area contributed by atoms with E-state index in [1.54, 1.807) is 29.9 Å². The molecule has 0 saturated heterocycles. The number of hydrogen-bond acceptors (Lipinski definition) is 5. The standard InChI is InChI=1S/C11H14N4S/c1-7-11(16-9(3)14-7)8(2)15-10-6-12-4-5-13-10/h4-6,8H,1-3H3,(H,13,15). The maximum Gasteiger partial charge on any atom is 0.144 e. The topological polar surface area (TPSA) is 50.7 Å². The second-order valence-corrected chi connectivity index (χ2v) is 4.87. The van der Waals surface area contributed by atoms with Crippen LogP contribution in [0, 0.1) is 13.8 Å². The van der Waals surface area contributed by atoms with Gasteiger partial charge in [0.25, 0.3) is 0 Å². The largest absolute Gasteiger partial charge is 0.361 e. The van der Waals surface area contributed by atoms with Crippen LogP contribution in [0.2, 0.25) is 0 Å². The second kappa shape index (κ2) is 4.57. The lowest BCUT2D eigenvalue weighted by molar-refractivity contribution is 0.876. The average molecular weight is 234 g/mol. The zero-order valence-electron chi connectivity index (χ0n) is 9.56. The molecule has 0 aromatic carbocycles. The summed E-state index contributed by atoms with van der Waals surface area (Å²) >= 11 is 1.72. The minimum atomic E-state index is 0.211. The van der Waals surface area contributed by atoms with Crippen LogP contribution in [-0.4, -0.2) is 15.0 Å². The molecule has 1 N–H and O–H groups in total. The predicted octanol–water partition coefficient (Wildman–Crippen LogP) is 2.72. The van der Waals surface area contributed by atoms with Gasteiger partial charge in [0.15, 0.2) is 0 Å². The highest BCUT2D eigenvalue weighted by Crippen LogP contribution is 2.26. The Morgan fingerprint density at radius 2 is 2.12 bits per heavy atom. The zero-order chi connectivity index (χ0) is 11.5. The van der Waals surface area contributed by atoms with Gasteiger partial charge >= 0.3 is 0 Å². The molecule has 0 saturated carbocycles. The van der Waals surface area contributed by atoms with Crippen molar-refractivity contribution < 1.29 is 0 Å². The first-order valence-corrected chi connectivity index (χ1v) is 5.95. The van der Waals surface area contributed by atoms with Gasteiger partial charge in [0.1, 0.15) is 5.82 Å². The summed E-state index contributed by atoms with van der Waals surface area (Å²) in [5.74, 6) is 0.792. The third kappa shape index (κ3) is 2.36. The third-order valence-electron chi connectivity index (χ3n) is 2.26. The van der Waals surface area contributed by atoms with Crippen LogP contribution in [0.4, 0.5) is 5.82 Å². The molecule has 0 bridgehead atoms. The van der Waals surface area contributed by atoms with Crippen molar-refractivity contribution in [3.8, 4) is 0 Å². The van der Waals surface area contributed by atoms with Crippen molar-refractivity contribution >= 4 is 17.2 Å². The molecule has 0 spiro atoms. The van der Waals surface area contributed by atoms with Crippen molar-refractivity contribution in [1.82, 2.24) is 15.0 Å². The first-order valence-electron chi connectivity index (χ1n) is 5.13. The minimum Gasteiger partial charge on any atom is -0.361 e. The fourth-order valence-electron chi connectivity index (χ4n) is 1.61. The van der Waals surface area contributed by atoms with Crippen LogP contribution in [0.25, 0.3) is 0 Å². The third-order valence-corrected chi connectivity index (χ3v) is 3.52. The average Bonchev–Trinajstić information content (AvgIpc) is 2.59. The molecule has 4 nitrogen and oxygen atoms in total. The molecule has 0 aliphatic rings. The molecule has 5 heteroatoms. The summed E-state index contributed by atoms with van der Waals surface area (Å²) in [4.78, 5) is 13.9. The molecule has 16 heavy (non-hydrogen) atoms. The molecule has 1 atom stereocenters. The molecule has 2 heterocycles. The molecule has 0 aliphatic heterocycles. The van der Waals surface area contributed by atoms with Gasteiger partial charge in [-0.1, -0.05) is 0 Å². The van der Waals surface area contributed by atoms with E-state index in [0.29, 0.717) is 0 Å². The van der Waals surface area contributed by atoms with E-state index < -0.39 is 0 Å². The van der Waals surface area contributed by atoms with Crippen molar-refractivity contribution in [2.75, 3.05) is 5.32 Å². The second-order valence-electron chi connectivity index (χ2n) is 3.64. The van der Waals surface area contributed by atoms with Gasteiger partial charge in [-0.05, 0) is 20.8 Å². The van der Waals surface area contributed by atoms with Gasteiger partial charge in [-0.25, -0.2) is 9.97 Å². The van der Waals surface area contributed by atoms with E-state index in [2.05, 4.69) is 27.2 Å². The van der Waals surface area contributed by atoms with Gasteiger partial charge in [0.2, 0.25) is 0 Å². The summed E-state index contributed by atoms with van der Waals surface area (Å²) in [5.41, 5.74) is 1.09. The minimum absolute atomic E-state index is 0.211. The van der Waals surface area contributed by atoms with Crippen LogP contribution < -0.4 is 5.32 Å². The number of thiazole rings is 1. The normalized spacial score (nSPS) is 12.4. The molecule has 84 valence electrons. The Labute approximate surface area is 98.8 Å². The Bertz CT molecular complexity index is 466. The molecule has 2 aromatic rings. The van der Waals surface area contributed by atoms with Crippen LogP contribution in [-0.2, 0) is 0 Å². The monoisotopic (exact) mass is 234 g/mol. The summed E-state index contributed by atoms with van der Waals surface area (Å²) in [5, 5.41) is 4.41. The van der Waals surface area contributed by atoms with E-state index in [1.165, 1.54) is 4.88 Å². The molecule has 0 radical (unpaired) electrons. The molecule has 0 fully saturated rings. The Kier molecular flexibility index (Phi) is 3.14. The molecule has 1 unspecified atom stereocenters. The fourth-order valence-corrected chi connectivity index (χ4v) is 2.54. The van der Waals surface area contributed by atoms with Gasteiger partial charge < -0.3 is 5.32 Å². The lowest BCUT2D eigenvalue weighted by Crippen LogP contribution is -2.07.